The summed E-state index contributed by atoms with van der Waals surface area (Å²) in [4.78, 5) is 8.12. The third-order valence-electron chi connectivity index (χ3n) is 1.59. The van der Waals surface area contributed by atoms with Crippen LogP contribution in [0.2, 0.25) is 0 Å². The van der Waals surface area contributed by atoms with E-state index in [9.17, 15) is 0 Å². The average molecular weight is 152 g/mol. The monoisotopic (exact) mass is 152 g/mol. The summed E-state index contributed by atoms with van der Waals surface area (Å²) in [5, 5.41) is 0. The molecule has 0 bridgehead atoms. The molecule has 0 aliphatic heterocycles. The van der Waals surface area contributed by atoms with Gasteiger partial charge in [0.1, 0.15) is 6.33 Å². The van der Waals surface area contributed by atoms with Gasteiger partial charge < -0.3 is 4.74 Å². The first-order valence-electron chi connectivity index (χ1n) is 3.64. The van der Waals surface area contributed by atoms with E-state index in [0.29, 0.717) is 0 Å². The Morgan fingerprint density at radius 1 is 1.45 bits per heavy atom. The predicted octanol–water partition coefficient (Wildman–Crippen LogP) is 1.36. The molecule has 1 aromatic rings. The molecular formula is C8H12N2O. The SMILES string of the molecule is CCc1ncnc(C)c1OC. The van der Waals surface area contributed by atoms with Crippen molar-refractivity contribution in [2.24, 2.45) is 0 Å². The van der Waals surface area contributed by atoms with E-state index >= 15 is 0 Å². The zero-order valence-electron chi connectivity index (χ0n) is 7.09. The molecule has 3 heteroatoms. The van der Waals surface area contributed by atoms with Crippen LogP contribution < -0.4 is 4.74 Å². The van der Waals surface area contributed by atoms with Crippen LogP contribution in [0, 0.1) is 6.92 Å². The van der Waals surface area contributed by atoms with Gasteiger partial charge in [-0.15, -0.1) is 0 Å². The van der Waals surface area contributed by atoms with Crippen LogP contribution in [0.1, 0.15) is 18.3 Å². The largest absolute Gasteiger partial charge is 0.493 e. The highest BCUT2D eigenvalue weighted by molar-refractivity contribution is 5.30. The van der Waals surface area contributed by atoms with Gasteiger partial charge in [-0.3, -0.25) is 0 Å². The van der Waals surface area contributed by atoms with Gasteiger partial charge in [0.15, 0.2) is 5.75 Å². The van der Waals surface area contributed by atoms with Crippen LogP contribution in [0.25, 0.3) is 0 Å². The summed E-state index contributed by atoms with van der Waals surface area (Å²) in [6.07, 6.45) is 2.45. The second-order valence-corrected chi connectivity index (χ2v) is 2.29. The molecule has 0 aliphatic rings. The molecular weight excluding hydrogens is 140 g/mol. The van der Waals surface area contributed by atoms with E-state index in [-0.39, 0.29) is 0 Å². The van der Waals surface area contributed by atoms with Gasteiger partial charge in [-0.05, 0) is 13.3 Å². The molecule has 0 atom stereocenters. The summed E-state index contributed by atoms with van der Waals surface area (Å²) < 4.78 is 5.14. The van der Waals surface area contributed by atoms with Crippen molar-refractivity contribution in [1.29, 1.82) is 0 Å². The van der Waals surface area contributed by atoms with Gasteiger partial charge in [0, 0.05) is 0 Å². The van der Waals surface area contributed by atoms with Gasteiger partial charge in [0.2, 0.25) is 0 Å². The molecule has 0 N–H and O–H groups in total. The molecule has 0 radical (unpaired) electrons. The first kappa shape index (κ1) is 7.98. The summed E-state index contributed by atoms with van der Waals surface area (Å²) in [5.74, 6) is 0.815. The topological polar surface area (TPSA) is 35.0 Å². The molecule has 60 valence electrons. The fourth-order valence-corrected chi connectivity index (χ4v) is 1.03. The van der Waals surface area contributed by atoms with E-state index in [1.54, 1.807) is 13.4 Å². The Morgan fingerprint density at radius 3 is 2.64 bits per heavy atom. The molecule has 0 saturated heterocycles. The molecule has 1 rings (SSSR count). The van der Waals surface area contributed by atoms with E-state index in [4.69, 9.17) is 4.74 Å². The van der Waals surface area contributed by atoms with Crippen molar-refractivity contribution in [3.8, 4) is 5.75 Å². The van der Waals surface area contributed by atoms with Crippen LogP contribution in [0.15, 0.2) is 6.33 Å². The number of aryl methyl sites for hydroxylation is 2. The normalized spacial score (nSPS) is 9.73. The quantitative estimate of drug-likeness (QED) is 0.641. The second-order valence-electron chi connectivity index (χ2n) is 2.29. The van der Waals surface area contributed by atoms with Crippen LogP contribution in [0.4, 0.5) is 0 Å². The Kier molecular flexibility index (Phi) is 2.41. The van der Waals surface area contributed by atoms with Gasteiger partial charge in [0.05, 0.1) is 18.5 Å². The first-order chi connectivity index (χ1) is 5.29. The van der Waals surface area contributed by atoms with Crippen LogP contribution in [-0.2, 0) is 6.42 Å². The van der Waals surface area contributed by atoms with Gasteiger partial charge in [-0.2, -0.15) is 0 Å². The smallest absolute Gasteiger partial charge is 0.161 e. The van der Waals surface area contributed by atoms with E-state index < -0.39 is 0 Å². The van der Waals surface area contributed by atoms with Crippen molar-refractivity contribution in [3.63, 3.8) is 0 Å². The maximum Gasteiger partial charge on any atom is 0.161 e. The summed E-state index contributed by atoms with van der Waals surface area (Å²) in [7, 11) is 1.64. The van der Waals surface area contributed by atoms with Crippen molar-refractivity contribution < 1.29 is 4.74 Å². The van der Waals surface area contributed by atoms with Gasteiger partial charge in [-0.25, -0.2) is 9.97 Å². The fourth-order valence-electron chi connectivity index (χ4n) is 1.03. The van der Waals surface area contributed by atoms with Crippen LogP contribution in [0.3, 0.4) is 0 Å². The van der Waals surface area contributed by atoms with E-state index in [1.807, 2.05) is 13.8 Å². The standard InChI is InChI=1S/C8H12N2O/c1-4-7-8(11-3)6(2)9-5-10-7/h5H,4H2,1-3H3. The minimum absolute atomic E-state index is 0.815. The van der Waals surface area contributed by atoms with E-state index in [0.717, 1.165) is 23.6 Å². The lowest BCUT2D eigenvalue weighted by molar-refractivity contribution is 0.401. The summed E-state index contributed by atoms with van der Waals surface area (Å²) >= 11 is 0. The van der Waals surface area contributed by atoms with Gasteiger partial charge in [-0.1, -0.05) is 6.92 Å². The zero-order chi connectivity index (χ0) is 8.27. The van der Waals surface area contributed by atoms with Crippen molar-refractivity contribution in [2.75, 3.05) is 7.11 Å². The Morgan fingerprint density at radius 2 is 2.18 bits per heavy atom. The average Bonchev–Trinajstić information content (AvgIpc) is 2.04. The molecule has 0 aromatic carbocycles. The minimum Gasteiger partial charge on any atom is -0.493 e. The third kappa shape index (κ3) is 1.48. The molecule has 0 spiro atoms. The van der Waals surface area contributed by atoms with E-state index in [1.165, 1.54) is 0 Å². The van der Waals surface area contributed by atoms with Crippen LogP contribution in [-0.4, -0.2) is 17.1 Å². The lowest BCUT2D eigenvalue weighted by Gasteiger charge is -2.06. The Labute approximate surface area is 66.4 Å². The predicted molar refractivity (Wildman–Crippen MR) is 42.7 cm³/mol. The number of ether oxygens (including phenoxy) is 1. The zero-order valence-corrected chi connectivity index (χ0v) is 7.09. The van der Waals surface area contributed by atoms with Crippen molar-refractivity contribution in [2.45, 2.75) is 20.3 Å². The highest BCUT2D eigenvalue weighted by Crippen LogP contribution is 2.18. The highest BCUT2D eigenvalue weighted by Gasteiger charge is 2.04. The molecule has 11 heavy (non-hydrogen) atoms. The van der Waals surface area contributed by atoms with Crippen molar-refractivity contribution >= 4 is 0 Å². The fraction of sp³-hybridized carbons (Fsp3) is 0.500. The maximum atomic E-state index is 5.14. The Hall–Kier alpha value is -1.12. The maximum absolute atomic E-state index is 5.14. The molecule has 0 amide bonds. The minimum atomic E-state index is 0.815. The molecule has 1 heterocycles. The number of aromatic nitrogens is 2. The third-order valence-corrected chi connectivity index (χ3v) is 1.59. The molecule has 0 aliphatic carbocycles. The van der Waals surface area contributed by atoms with E-state index in [2.05, 4.69) is 9.97 Å². The summed E-state index contributed by atoms with van der Waals surface area (Å²) in [5.41, 5.74) is 1.87. The second kappa shape index (κ2) is 3.32. The molecule has 0 fully saturated rings. The van der Waals surface area contributed by atoms with Crippen LogP contribution in [0.5, 0.6) is 5.75 Å². The lowest BCUT2D eigenvalue weighted by Crippen LogP contribution is -1.98. The number of rotatable bonds is 2. The lowest BCUT2D eigenvalue weighted by atomic mass is 10.2. The van der Waals surface area contributed by atoms with Crippen molar-refractivity contribution in [3.05, 3.63) is 17.7 Å². The Bertz CT molecular complexity index is 248. The molecule has 0 saturated carbocycles. The molecule has 1 aromatic heterocycles. The van der Waals surface area contributed by atoms with Gasteiger partial charge >= 0.3 is 0 Å². The highest BCUT2D eigenvalue weighted by atomic mass is 16.5. The number of nitrogens with zero attached hydrogens (tertiary/aromatic N) is 2. The summed E-state index contributed by atoms with van der Waals surface area (Å²) in [6, 6.07) is 0. The van der Waals surface area contributed by atoms with Crippen molar-refractivity contribution in [1.82, 2.24) is 9.97 Å². The Balaban J connectivity index is 3.13. The van der Waals surface area contributed by atoms with Crippen LogP contribution >= 0.6 is 0 Å². The number of hydrogen-bond donors (Lipinski definition) is 0. The molecule has 3 nitrogen and oxygen atoms in total. The summed E-state index contributed by atoms with van der Waals surface area (Å²) in [6.45, 7) is 3.96. The number of methoxy groups -OCH3 is 1. The first-order valence-corrected chi connectivity index (χ1v) is 3.64. The number of hydrogen-bond acceptors (Lipinski definition) is 3. The molecule has 0 unspecified atom stereocenters. The van der Waals surface area contributed by atoms with Gasteiger partial charge in [0.25, 0.3) is 0 Å².